The average molecular weight is 329 g/mol. The number of nitrogens with zero attached hydrogens (tertiary/aromatic N) is 1. The Balaban J connectivity index is 2.35. The fourth-order valence-corrected chi connectivity index (χ4v) is 5.09. The molecule has 0 amide bonds. The summed E-state index contributed by atoms with van der Waals surface area (Å²) in [5.41, 5.74) is 0.568. The highest BCUT2D eigenvalue weighted by Crippen LogP contribution is 2.37. The summed E-state index contributed by atoms with van der Waals surface area (Å²) in [6.07, 6.45) is -3.67. The van der Waals surface area contributed by atoms with Gasteiger partial charge in [0.2, 0.25) is 0 Å². The second-order valence-electron chi connectivity index (χ2n) is 4.73. The molecule has 4 nitrogen and oxygen atoms in total. The number of halogens is 3. The molecule has 1 aromatic rings. The Hall–Kier alpha value is -0.640. The number of sulfonamides is 1. The maximum absolute atomic E-state index is 12.5. The zero-order chi connectivity index (χ0) is 15.1. The summed E-state index contributed by atoms with van der Waals surface area (Å²) >= 11 is 0.819. The van der Waals surface area contributed by atoms with Crippen molar-refractivity contribution in [2.24, 2.45) is 0 Å². The first-order valence-electron chi connectivity index (χ1n) is 5.94. The van der Waals surface area contributed by atoms with E-state index in [4.69, 9.17) is 5.11 Å². The molecule has 0 unspecified atom stereocenters. The molecule has 1 saturated carbocycles. The van der Waals surface area contributed by atoms with Crippen LogP contribution in [0.5, 0.6) is 0 Å². The van der Waals surface area contributed by atoms with E-state index < -0.39 is 28.8 Å². The lowest BCUT2D eigenvalue weighted by Crippen LogP contribution is -2.40. The van der Waals surface area contributed by atoms with Crippen LogP contribution in [0.4, 0.5) is 13.2 Å². The molecule has 1 aromatic heterocycles. The van der Waals surface area contributed by atoms with Crippen molar-refractivity contribution in [3.05, 3.63) is 16.5 Å². The van der Waals surface area contributed by atoms with E-state index in [1.54, 1.807) is 6.92 Å². The van der Waals surface area contributed by atoms with E-state index in [0.717, 1.165) is 11.3 Å². The molecule has 1 aliphatic carbocycles. The van der Waals surface area contributed by atoms with E-state index in [-0.39, 0.29) is 10.8 Å². The largest absolute Gasteiger partial charge is 0.402 e. The molecule has 0 radical (unpaired) electrons. The maximum atomic E-state index is 12.5. The zero-order valence-electron chi connectivity index (χ0n) is 10.6. The van der Waals surface area contributed by atoms with Crippen LogP contribution in [0.3, 0.4) is 0 Å². The summed E-state index contributed by atoms with van der Waals surface area (Å²) in [5, 5.41) is 9.07. The van der Waals surface area contributed by atoms with Crippen molar-refractivity contribution in [2.45, 2.75) is 42.8 Å². The highest BCUT2D eigenvalue weighted by Gasteiger charge is 2.45. The Morgan fingerprint density at radius 3 is 2.45 bits per heavy atom. The molecule has 1 fully saturated rings. The number of aryl methyl sites for hydroxylation is 1. The number of aliphatic hydroxyl groups is 1. The molecule has 0 saturated heterocycles. The summed E-state index contributed by atoms with van der Waals surface area (Å²) in [5.74, 6) is 0. The van der Waals surface area contributed by atoms with E-state index in [2.05, 4.69) is 0 Å². The third-order valence-electron chi connectivity index (χ3n) is 2.99. The summed E-state index contributed by atoms with van der Waals surface area (Å²) in [4.78, 5) is 0.450. The Morgan fingerprint density at radius 2 is 2.05 bits per heavy atom. The third-order valence-corrected chi connectivity index (χ3v) is 6.56. The molecular formula is C11H14F3NO3S2. The predicted molar refractivity (Wildman–Crippen MR) is 67.9 cm³/mol. The molecule has 0 spiro atoms. The molecule has 1 aliphatic rings. The molecule has 20 heavy (non-hydrogen) atoms. The van der Waals surface area contributed by atoms with Crippen molar-refractivity contribution in [3.8, 4) is 0 Å². The van der Waals surface area contributed by atoms with Gasteiger partial charge in [-0.25, -0.2) is 8.42 Å². The van der Waals surface area contributed by atoms with Crippen molar-refractivity contribution >= 4 is 21.4 Å². The van der Waals surface area contributed by atoms with Crippen molar-refractivity contribution < 1.29 is 26.7 Å². The van der Waals surface area contributed by atoms with Crippen molar-refractivity contribution in [3.63, 3.8) is 0 Å². The molecule has 0 aromatic carbocycles. The van der Waals surface area contributed by atoms with Crippen LogP contribution in [0.1, 0.15) is 23.3 Å². The van der Waals surface area contributed by atoms with Gasteiger partial charge < -0.3 is 5.11 Å². The van der Waals surface area contributed by atoms with Crippen LogP contribution < -0.4 is 0 Å². The monoisotopic (exact) mass is 329 g/mol. The number of thiophene rings is 1. The Bertz CT molecular complexity index is 591. The van der Waals surface area contributed by atoms with Crippen LogP contribution in [0.15, 0.2) is 10.3 Å². The van der Waals surface area contributed by atoms with E-state index in [1.165, 1.54) is 6.07 Å². The first kappa shape index (κ1) is 15.7. The molecule has 0 bridgehead atoms. The van der Waals surface area contributed by atoms with E-state index in [9.17, 15) is 21.6 Å². The highest BCUT2D eigenvalue weighted by molar-refractivity contribution is 7.91. The van der Waals surface area contributed by atoms with Gasteiger partial charge in [0.25, 0.3) is 10.0 Å². The van der Waals surface area contributed by atoms with Crippen LogP contribution in [0, 0.1) is 6.92 Å². The number of rotatable bonds is 5. The molecule has 9 heteroatoms. The Kier molecular flexibility index (Phi) is 4.16. The molecule has 0 atom stereocenters. The van der Waals surface area contributed by atoms with Crippen LogP contribution in [0.2, 0.25) is 0 Å². The average Bonchev–Trinajstić information content (AvgIpc) is 3.07. The van der Waals surface area contributed by atoms with Crippen molar-refractivity contribution in [1.82, 2.24) is 4.31 Å². The normalized spacial score (nSPS) is 16.9. The highest BCUT2D eigenvalue weighted by atomic mass is 32.2. The fourth-order valence-electron chi connectivity index (χ4n) is 1.84. The lowest BCUT2D eigenvalue weighted by atomic mass is 10.3. The van der Waals surface area contributed by atoms with Crippen LogP contribution in [-0.2, 0) is 16.6 Å². The quantitative estimate of drug-likeness (QED) is 0.901. The second kappa shape index (κ2) is 5.28. The molecule has 1 N–H and O–H groups in total. The van der Waals surface area contributed by atoms with Crippen molar-refractivity contribution in [1.29, 1.82) is 0 Å². The van der Waals surface area contributed by atoms with Gasteiger partial charge in [-0.05, 0) is 31.4 Å². The number of hydrogen-bond donors (Lipinski definition) is 1. The molecule has 0 aliphatic heterocycles. The van der Waals surface area contributed by atoms with E-state index in [1.807, 2.05) is 0 Å². The van der Waals surface area contributed by atoms with Crippen LogP contribution >= 0.6 is 11.3 Å². The van der Waals surface area contributed by atoms with Gasteiger partial charge in [-0.15, -0.1) is 11.3 Å². The summed E-state index contributed by atoms with van der Waals surface area (Å²) < 4.78 is 62.7. The Labute approximate surface area is 118 Å². The van der Waals surface area contributed by atoms with Gasteiger partial charge in [0, 0.05) is 10.9 Å². The summed E-state index contributed by atoms with van der Waals surface area (Å²) in [6, 6.07) is 0.749. The fraction of sp³-hybridized carbons (Fsp3) is 0.636. The standard InChI is InChI=1S/C11H14F3NO3S2/c1-7-4-10(19-9(7)5-16)20(17,18)15(8-2-3-8)6-11(12,13)14/h4,8,16H,2-3,5-6H2,1H3. The molecule has 114 valence electrons. The number of alkyl halides is 3. The first-order valence-corrected chi connectivity index (χ1v) is 8.19. The topological polar surface area (TPSA) is 57.6 Å². The number of hydrogen-bond acceptors (Lipinski definition) is 4. The van der Waals surface area contributed by atoms with Gasteiger partial charge in [0.15, 0.2) is 0 Å². The van der Waals surface area contributed by atoms with Gasteiger partial charge in [0.05, 0.1) is 6.61 Å². The minimum Gasteiger partial charge on any atom is -0.391 e. The minimum absolute atomic E-state index is 0.143. The molecular weight excluding hydrogens is 315 g/mol. The summed E-state index contributed by atoms with van der Waals surface area (Å²) in [6.45, 7) is -0.174. The predicted octanol–water partition coefficient (Wildman–Crippen LogP) is 2.26. The Morgan fingerprint density at radius 1 is 1.45 bits per heavy atom. The van der Waals surface area contributed by atoms with Gasteiger partial charge in [-0.1, -0.05) is 0 Å². The second-order valence-corrected chi connectivity index (χ2v) is 7.98. The molecule has 1 heterocycles. The third kappa shape index (κ3) is 3.33. The van der Waals surface area contributed by atoms with Gasteiger partial charge in [-0.3, -0.25) is 0 Å². The maximum Gasteiger partial charge on any atom is 0.402 e. The lowest BCUT2D eigenvalue weighted by molar-refractivity contribution is -0.136. The SMILES string of the molecule is Cc1cc(S(=O)(=O)N(CC(F)(F)F)C2CC2)sc1CO. The van der Waals surface area contributed by atoms with Crippen LogP contribution in [0.25, 0.3) is 0 Å². The van der Waals surface area contributed by atoms with Crippen molar-refractivity contribution in [2.75, 3.05) is 6.54 Å². The van der Waals surface area contributed by atoms with E-state index in [0.29, 0.717) is 27.6 Å². The zero-order valence-corrected chi connectivity index (χ0v) is 12.3. The van der Waals surface area contributed by atoms with Gasteiger partial charge in [-0.2, -0.15) is 17.5 Å². The van der Waals surface area contributed by atoms with E-state index >= 15 is 0 Å². The lowest BCUT2D eigenvalue weighted by Gasteiger charge is -2.22. The van der Waals surface area contributed by atoms with Crippen LogP contribution in [-0.4, -0.2) is 36.6 Å². The summed E-state index contributed by atoms with van der Waals surface area (Å²) in [7, 11) is -4.16. The molecule has 2 rings (SSSR count). The van der Waals surface area contributed by atoms with Gasteiger partial charge in [0.1, 0.15) is 10.8 Å². The minimum atomic E-state index is -4.57. The number of aliphatic hydroxyl groups excluding tert-OH is 1. The van der Waals surface area contributed by atoms with Gasteiger partial charge >= 0.3 is 6.18 Å². The smallest absolute Gasteiger partial charge is 0.391 e. The first-order chi connectivity index (χ1) is 9.15.